The first-order chi connectivity index (χ1) is 13.4. The molecule has 0 radical (unpaired) electrons. The lowest BCUT2D eigenvalue weighted by Gasteiger charge is -2.05. The van der Waals surface area contributed by atoms with Gasteiger partial charge in [-0.15, -0.1) is 10.2 Å². The molecule has 3 rings (SSSR count). The van der Waals surface area contributed by atoms with E-state index in [-0.39, 0.29) is 15.8 Å². The summed E-state index contributed by atoms with van der Waals surface area (Å²) < 4.78 is 5.17. The highest BCUT2D eigenvalue weighted by atomic mass is 32.2. The number of carboxylic acid groups (broad SMARTS) is 1. The van der Waals surface area contributed by atoms with Crippen molar-refractivity contribution >= 4 is 41.3 Å². The van der Waals surface area contributed by atoms with E-state index in [9.17, 15) is 20.0 Å². The number of rotatable bonds is 7. The molecule has 0 aliphatic carbocycles. The number of carbonyl (C=O) groups is 1. The molecule has 28 heavy (non-hydrogen) atoms. The molecule has 0 spiro atoms. The molecule has 142 valence electrons. The van der Waals surface area contributed by atoms with Crippen LogP contribution in [0.5, 0.6) is 0 Å². The number of nitro groups is 1. The van der Waals surface area contributed by atoms with Gasteiger partial charge in [0.2, 0.25) is 5.89 Å². The first-order valence-corrected chi connectivity index (χ1v) is 9.50. The van der Waals surface area contributed by atoms with Crippen molar-refractivity contribution in [2.24, 2.45) is 0 Å². The van der Waals surface area contributed by atoms with E-state index >= 15 is 0 Å². The summed E-state index contributed by atoms with van der Waals surface area (Å²) in [6, 6.07) is 13.8. The number of aliphatic carboxylic acids is 1. The lowest BCUT2D eigenvalue weighted by atomic mass is 10.2. The van der Waals surface area contributed by atoms with Crippen molar-refractivity contribution in [2.45, 2.75) is 21.9 Å². The molecule has 0 bridgehead atoms. The number of benzene rings is 2. The molecule has 3 aromatic rings. The Morgan fingerprint density at radius 2 is 1.96 bits per heavy atom. The number of carboxylic acids is 1. The number of aromatic nitrogens is 2. The van der Waals surface area contributed by atoms with Gasteiger partial charge < -0.3 is 9.52 Å². The van der Waals surface area contributed by atoms with E-state index in [2.05, 4.69) is 10.2 Å². The van der Waals surface area contributed by atoms with E-state index in [0.717, 1.165) is 16.7 Å². The van der Waals surface area contributed by atoms with Gasteiger partial charge in [-0.1, -0.05) is 36.0 Å². The molecule has 0 unspecified atom stereocenters. The summed E-state index contributed by atoms with van der Waals surface area (Å²) in [6.45, 7) is 1.59. The first kappa shape index (κ1) is 19.6. The van der Waals surface area contributed by atoms with E-state index in [1.165, 1.54) is 23.9 Å². The SMILES string of the molecule is Cc1nnc(S/C(=C/c2ccc(Sc3ccccc3)c([N+](=O)[O-])c2)C(=O)O)o1. The molecule has 0 aliphatic heterocycles. The van der Waals surface area contributed by atoms with Crippen molar-refractivity contribution < 1.29 is 19.2 Å². The van der Waals surface area contributed by atoms with Crippen LogP contribution in [0.1, 0.15) is 11.5 Å². The molecule has 0 aliphatic rings. The molecular formula is C18H13N3O5S2. The Morgan fingerprint density at radius 3 is 2.57 bits per heavy atom. The predicted molar refractivity (Wildman–Crippen MR) is 104 cm³/mol. The Kier molecular flexibility index (Phi) is 6.12. The fourth-order valence-corrected chi connectivity index (χ4v) is 3.80. The van der Waals surface area contributed by atoms with Gasteiger partial charge in [0, 0.05) is 17.9 Å². The zero-order chi connectivity index (χ0) is 20.1. The third-order valence-electron chi connectivity index (χ3n) is 3.36. The van der Waals surface area contributed by atoms with Crippen LogP contribution in [0, 0.1) is 17.0 Å². The number of nitro benzene ring substituents is 1. The summed E-state index contributed by atoms with van der Waals surface area (Å²) in [6.07, 6.45) is 1.33. The normalized spacial score (nSPS) is 11.4. The topological polar surface area (TPSA) is 119 Å². The van der Waals surface area contributed by atoms with Crippen LogP contribution in [0.3, 0.4) is 0 Å². The molecule has 0 atom stereocenters. The second-order valence-electron chi connectivity index (χ2n) is 5.40. The highest BCUT2D eigenvalue weighted by Gasteiger charge is 2.18. The van der Waals surface area contributed by atoms with Crippen LogP contribution in [-0.4, -0.2) is 26.2 Å². The number of thioether (sulfide) groups is 1. The summed E-state index contributed by atoms with van der Waals surface area (Å²) in [7, 11) is 0. The van der Waals surface area contributed by atoms with Gasteiger partial charge in [-0.05, 0) is 41.6 Å². The quantitative estimate of drug-likeness (QED) is 0.254. The first-order valence-electron chi connectivity index (χ1n) is 7.86. The maximum atomic E-state index is 11.5. The van der Waals surface area contributed by atoms with Gasteiger partial charge in [-0.25, -0.2) is 4.79 Å². The van der Waals surface area contributed by atoms with Gasteiger partial charge in [-0.2, -0.15) is 0 Å². The minimum atomic E-state index is -1.20. The molecule has 2 aromatic carbocycles. The Hall–Kier alpha value is -3.11. The second-order valence-corrected chi connectivity index (χ2v) is 7.51. The Balaban J connectivity index is 1.92. The molecule has 0 amide bonds. The van der Waals surface area contributed by atoms with Crippen LogP contribution >= 0.6 is 23.5 Å². The summed E-state index contributed by atoms with van der Waals surface area (Å²) in [4.78, 5) is 23.8. The van der Waals surface area contributed by atoms with E-state index in [1.807, 2.05) is 30.3 Å². The Bertz CT molecular complexity index is 1050. The monoisotopic (exact) mass is 415 g/mol. The molecule has 1 aromatic heterocycles. The van der Waals surface area contributed by atoms with Crippen molar-refractivity contribution in [3.05, 3.63) is 75.0 Å². The maximum absolute atomic E-state index is 11.5. The molecule has 8 nitrogen and oxygen atoms in total. The molecule has 1 N–H and O–H groups in total. The van der Waals surface area contributed by atoms with Crippen LogP contribution in [0.25, 0.3) is 6.08 Å². The number of aryl methyl sites for hydroxylation is 1. The zero-order valence-corrected chi connectivity index (χ0v) is 16.1. The number of hydrogen-bond acceptors (Lipinski definition) is 8. The van der Waals surface area contributed by atoms with E-state index in [4.69, 9.17) is 4.42 Å². The highest BCUT2D eigenvalue weighted by molar-refractivity contribution is 8.03. The average Bonchev–Trinajstić information content (AvgIpc) is 3.08. The van der Waals surface area contributed by atoms with Crippen LogP contribution in [0.15, 0.2) is 72.9 Å². The van der Waals surface area contributed by atoms with E-state index < -0.39 is 10.9 Å². The fourth-order valence-electron chi connectivity index (χ4n) is 2.17. The molecule has 0 saturated carbocycles. The van der Waals surface area contributed by atoms with Crippen molar-refractivity contribution in [2.75, 3.05) is 0 Å². The summed E-state index contributed by atoms with van der Waals surface area (Å²) in [5, 5.41) is 28.4. The van der Waals surface area contributed by atoms with Crippen LogP contribution in [-0.2, 0) is 4.79 Å². The maximum Gasteiger partial charge on any atom is 0.342 e. The van der Waals surface area contributed by atoms with Crippen molar-refractivity contribution in [1.29, 1.82) is 0 Å². The number of nitrogens with zero attached hydrogens (tertiary/aromatic N) is 3. The van der Waals surface area contributed by atoms with Gasteiger partial charge in [0.25, 0.3) is 10.9 Å². The van der Waals surface area contributed by atoms with E-state index in [0.29, 0.717) is 16.3 Å². The summed E-state index contributed by atoms with van der Waals surface area (Å²) >= 11 is 2.04. The predicted octanol–water partition coefficient (Wildman–Crippen LogP) is 4.66. The van der Waals surface area contributed by atoms with Crippen molar-refractivity contribution in [3.8, 4) is 0 Å². The fraction of sp³-hybridized carbons (Fsp3) is 0.0556. The molecule has 10 heteroatoms. The zero-order valence-electron chi connectivity index (χ0n) is 14.4. The van der Waals surface area contributed by atoms with Crippen LogP contribution < -0.4 is 0 Å². The largest absolute Gasteiger partial charge is 0.477 e. The van der Waals surface area contributed by atoms with Crippen LogP contribution in [0.2, 0.25) is 0 Å². The van der Waals surface area contributed by atoms with Crippen LogP contribution in [0.4, 0.5) is 5.69 Å². The minimum absolute atomic E-state index is 0.0805. The van der Waals surface area contributed by atoms with Gasteiger partial charge in [0.05, 0.1) is 9.82 Å². The van der Waals surface area contributed by atoms with Gasteiger partial charge in [-0.3, -0.25) is 10.1 Å². The smallest absolute Gasteiger partial charge is 0.342 e. The standard InChI is InChI=1S/C18H13N3O5S2/c1-11-19-20-18(26-11)28-16(17(22)23)10-12-7-8-15(14(9-12)21(24)25)27-13-5-3-2-4-6-13/h2-10H,1H3,(H,22,23)/b16-10+. The number of hydrogen-bond donors (Lipinski definition) is 1. The van der Waals surface area contributed by atoms with Crippen molar-refractivity contribution in [1.82, 2.24) is 10.2 Å². The molecule has 1 heterocycles. The van der Waals surface area contributed by atoms with Gasteiger partial charge >= 0.3 is 5.97 Å². The third kappa shape index (κ3) is 4.99. The average molecular weight is 415 g/mol. The molecular weight excluding hydrogens is 402 g/mol. The molecule has 0 saturated heterocycles. The van der Waals surface area contributed by atoms with E-state index in [1.54, 1.807) is 19.1 Å². The third-order valence-corrected chi connectivity index (χ3v) is 5.29. The lowest BCUT2D eigenvalue weighted by molar-refractivity contribution is -0.387. The molecule has 0 fully saturated rings. The summed E-state index contributed by atoms with van der Waals surface area (Å²) in [5.74, 6) is -0.892. The summed E-state index contributed by atoms with van der Waals surface area (Å²) in [5.41, 5.74) is 0.274. The van der Waals surface area contributed by atoms with Gasteiger partial charge in [0.15, 0.2) is 0 Å². The lowest BCUT2D eigenvalue weighted by Crippen LogP contribution is -1.97. The Labute approximate surface area is 167 Å². The minimum Gasteiger partial charge on any atom is -0.477 e. The Morgan fingerprint density at radius 1 is 1.21 bits per heavy atom. The second kappa shape index (κ2) is 8.72. The van der Waals surface area contributed by atoms with Gasteiger partial charge in [0.1, 0.15) is 4.91 Å². The highest BCUT2D eigenvalue weighted by Crippen LogP contribution is 2.36. The van der Waals surface area contributed by atoms with Crippen molar-refractivity contribution in [3.63, 3.8) is 0 Å².